The standard InChI is InChI=1S/C18H16N2O3S/c1-10-3-5-13(7-11(10)2)19-18-20-17(23)16(24-18)9-12-4-6-14(21)15(22)8-12/h3-9,21-22H,1-2H3,(H,19,20,23). The third-order valence-corrected chi connectivity index (χ3v) is 4.58. The minimum atomic E-state index is -0.241. The third kappa shape index (κ3) is 3.44. The van der Waals surface area contributed by atoms with Crippen molar-refractivity contribution >= 4 is 34.6 Å². The van der Waals surface area contributed by atoms with Gasteiger partial charge in [0.1, 0.15) is 0 Å². The Labute approximate surface area is 143 Å². The highest BCUT2D eigenvalue weighted by Crippen LogP contribution is 2.31. The summed E-state index contributed by atoms with van der Waals surface area (Å²) in [5.41, 5.74) is 3.73. The summed E-state index contributed by atoms with van der Waals surface area (Å²) in [4.78, 5) is 17.0. The van der Waals surface area contributed by atoms with Gasteiger partial charge in [0.25, 0.3) is 5.91 Å². The molecule has 1 amide bonds. The number of nitrogens with zero attached hydrogens (tertiary/aromatic N) is 1. The van der Waals surface area contributed by atoms with E-state index in [4.69, 9.17) is 0 Å². The average Bonchev–Trinajstić information content (AvgIpc) is 2.86. The van der Waals surface area contributed by atoms with Gasteiger partial charge in [-0.15, -0.1) is 0 Å². The quantitative estimate of drug-likeness (QED) is 0.576. The zero-order valence-electron chi connectivity index (χ0n) is 13.2. The van der Waals surface area contributed by atoms with Crippen molar-refractivity contribution in [2.24, 2.45) is 4.99 Å². The lowest BCUT2D eigenvalue weighted by Gasteiger charge is -2.01. The third-order valence-electron chi connectivity index (χ3n) is 3.67. The number of rotatable bonds is 2. The van der Waals surface area contributed by atoms with E-state index < -0.39 is 0 Å². The highest BCUT2D eigenvalue weighted by atomic mass is 32.2. The van der Waals surface area contributed by atoms with Crippen LogP contribution in [0.4, 0.5) is 5.69 Å². The summed E-state index contributed by atoms with van der Waals surface area (Å²) in [5, 5.41) is 22.1. The summed E-state index contributed by atoms with van der Waals surface area (Å²) in [6.07, 6.45) is 1.64. The number of aromatic hydroxyl groups is 2. The van der Waals surface area contributed by atoms with Gasteiger partial charge in [0.2, 0.25) is 0 Å². The Morgan fingerprint density at radius 3 is 2.54 bits per heavy atom. The molecule has 1 aliphatic heterocycles. The summed E-state index contributed by atoms with van der Waals surface area (Å²) in [7, 11) is 0. The Hall–Kier alpha value is -2.73. The zero-order valence-corrected chi connectivity index (χ0v) is 14.0. The van der Waals surface area contributed by atoms with Crippen molar-refractivity contribution < 1.29 is 15.0 Å². The minimum Gasteiger partial charge on any atom is -0.504 e. The van der Waals surface area contributed by atoms with Crippen LogP contribution in [0.2, 0.25) is 0 Å². The summed E-state index contributed by atoms with van der Waals surface area (Å²) in [6, 6.07) is 10.3. The summed E-state index contributed by atoms with van der Waals surface area (Å²) >= 11 is 1.23. The number of aliphatic imine (C=N–C) groups is 1. The summed E-state index contributed by atoms with van der Waals surface area (Å²) in [6.45, 7) is 4.05. The Morgan fingerprint density at radius 2 is 1.83 bits per heavy atom. The molecule has 0 saturated carbocycles. The van der Waals surface area contributed by atoms with Crippen LogP contribution in [0.1, 0.15) is 16.7 Å². The number of hydrogen-bond donors (Lipinski definition) is 3. The normalized spacial score (nSPS) is 17.5. The van der Waals surface area contributed by atoms with Gasteiger partial charge in [-0.25, -0.2) is 4.99 Å². The van der Waals surface area contributed by atoms with Crippen LogP contribution in [-0.2, 0) is 4.79 Å². The number of aryl methyl sites for hydroxylation is 2. The highest BCUT2D eigenvalue weighted by Gasteiger charge is 2.23. The molecule has 122 valence electrons. The number of amides is 1. The molecular weight excluding hydrogens is 324 g/mol. The molecule has 0 aliphatic carbocycles. The molecule has 2 aromatic carbocycles. The van der Waals surface area contributed by atoms with E-state index in [-0.39, 0.29) is 17.4 Å². The van der Waals surface area contributed by atoms with E-state index in [1.807, 2.05) is 32.0 Å². The first-order valence-corrected chi connectivity index (χ1v) is 8.13. The van der Waals surface area contributed by atoms with Crippen molar-refractivity contribution in [1.82, 2.24) is 5.32 Å². The molecule has 0 radical (unpaired) electrons. The maximum atomic E-state index is 12.1. The Morgan fingerprint density at radius 1 is 1.04 bits per heavy atom. The summed E-state index contributed by atoms with van der Waals surface area (Å²) in [5.74, 6) is -0.662. The molecule has 1 heterocycles. The van der Waals surface area contributed by atoms with E-state index >= 15 is 0 Å². The first kappa shape index (κ1) is 16.1. The Kier molecular flexibility index (Phi) is 4.31. The molecule has 5 nitrogen and oxygen atoms in total. The number of carbonyl (C=O) groups excluding carboxylic acids is 1. The minimum absolute atomic E-state index is 0.197. The van der Waals surface area contributed by atoms with Gasteiger partial charge in [-0.2, -0.15) is 0 Å². The second-order valence-corrected chi connectivity index (χ2v) is 6.53. The Balaban J connectivity index is 1.84. The molecule has 0 aromatic heterocycles. The smallest absolute Gasteiger partial charge is 0.264 e. The van der Waals surface area contributed by atoms with E-state index in [1.54, 1.807) is 12.1 Å². The summed E-state index contributed by atoms with van der Waals surface area (Å²) < 4.78 is 0. The predicted octanol–water partition coefficient (Wildman–Crippen LogP) is 3.61. The van der Waals surface area contributed by atoms with Gasteiger partial charge in [0.05, 0.1) is 10.6 Å². The van der Waals surface area contributed by atoms with Crippen LogP contribution < -0.4 is 5.32 Å². The van der Waals surface area contributed by atoms with Gasteiger partial charge in [-0.3, -0.25) is 4.79 Å². The molecule has 3 N–H and O–H groups in total. The number of phenols is 2. The topological polar surface area (TPSA) is 81.9 Å². The molecule has 0 bridgehead atoms. The number of nitrogens with one attached hydrogen (secondary N) is 1. The van der Waals surface area contributed by atoms with Crippen LogP contribution in [0, 0.1) is 13.8 Å². The number of phenolic OH excluding ortho intramolecular Hbond substituents is 2. The number of amidine groups is 1. The molecule has 1 fully saturated rings. The van der Waals surface area contributed by atoms with Gasteiger partial charge in [0, 0.05) is 0 Å². The number of carbonyl (C=O) groups is 1. The fourth-order valence-corrected chi connectivity index (χ4v) is 3.02. The maximum absolute atomic E-state index is 12.1. The first-order valence-electron chi connectivity index (χ1n) is 7.31. The lowest BCUT2D eigenvalue weighted by molar-refractivity contribution is -0.115. The largest absolute Gasteiger partial charge is 0.504 e. The van der Waals surface area contributed by atoms with Crippen LogP contribution in [0.3, 0.4) is 0 Å². The van der Waals surface area contributed by atoms with Gasteiger partial charge in [-0.05, 0) is 72.6 Å². The molecule has 2 aromatic rings. The molecule has 1 saturated heterocycles. The van der Waals surface area contributed by atoms with Crippen LogP contribution in [0.5, 0.6) is 11.5 Å². The molecular formula is C18H16N2O3S. The molecule has 1 aliphatic rings. The molecule has 0 atom stereocenters. The van der Waals surface area contributed by atoms with E-state index in [0.717, 1.165) is 11.3 Å². The van der Waals surface area contributed by atoms with Crippen molar-refractivity contribution in [3.8, 4) is 11.5 Å². The van der Waals surface area contributed by atoms with Gasteiger partial charge >= 0.3 is 0 Å². The van der Waals surface area contributed by atoms with Gasteiger partial charge < -0.3 is 15.5 Å². The second-order valence-electron chi connectivity index (χ2n) is 5.50. The van der Waals surface area contributed by atoms with E-state index in [0.29, 0.717) is 15.6 Å². The fraction of sp³-hybridized carbons (Fsp3) is 0.111. The fourth-order valence-electron chi connectivity index (χ4n) is 2.17. The van der Waals surface area contributed by atoms with Crippen molar-refractivity contribution in [2.45, 2.75) is 13.8 Å². The van der Waals surface area contributed by atoms with E-state index in [9.17, 15) is 15.0 Å². The lowest BCUT2D eigenvalue weighted by Crippen LogP contribution is -2.19. The van der Waals surface area contributed by atoms with Crippen LogP contribution >= 0.6 is 11.8 Å². The number of benzene rings is 2. The van der Waals surface area contributed by atoms with Crippen LogP contribution in [-0.4, -0.2) is 21.3 Å². The predicted molar refractivity (Wildman–Crippen MR) is 96.5 cm³/mol. The van der Waals surface area contributed by atoms with Crippen molar-refractivity contribution in [3.05, 3.63) is 58.0 Å². The van der Waals surface area contributed by atoms with Crippen LogP contribution in [0.25, 0.3) is 6.08 Å². The highest BCUT2D eigenvalue weighted by molar-refractivity contribution is 8.18. The van der Waals surface area contributed by atoms with Crippen molar-refractivity contribution in [1.29, 1.82) is 0 Å². The maximum Gasteiger partial charge on any atom is 0.264 e. The van der Waals surface area contributed by atoms with Crippen LogP contribution in [0.15, 0.2) is 46.3 Å². The monoisotopic (exact) mass is 340 g/mol. The first-order chi connectivity index (χ1) is 11.4. The average molecular weight is 340 g/mol. The van der Waals surface area contributed by atoms with Gasteiger partial charge in [0.15, 0.2) is 16.7 Å². The van der Waals surface area contributed by atoms with E-state index in [1.165, 1.54) is 29.5 Å². The SMILES string of the molecule is Cc1ccc(N=C2NC(=O)C(=Cc3ccc(O)c(O)c3)S2)cc1C. The van der Waals surface area contributed by atoms with Gasteiger partial charge in [-0.1, -0.05) is 12.1 Å². The molecule has 3 rings (SSSR count). The van der Waals surface area contributed by atoms with Crippen molar-refractivity contribution in [3.63, 3.8) is 0 Å². The molecule has 0 unspecified atom stereocenters. The molecule has 6 heteroatoms. The number of hydrogen-bond acceptors (Lipinski definition) is 5. The number of thioether (sulfide) groups is 1. The van der Waals surface area contributed by atoms with Crippen molar-refractivity contribution in [2.75, 3.05) is 0 Å². The molecule has 0 spiro atoms. The lowest BCUT2D eigenvalue weighted by atomic mass is 10.1. The Bertz CT molecular complexity index is 888. The molecule has 24 heavy (non-hydrogen) atoms. The van der Waals surface area contributed by atoms with E-state index in [2.05, 4.69) is 10.3 Å². The second kappa shape index (κ2) is 6.41. The zero-order chi connectivity index (χ0) is 17.3.